The van der Waals surface area contributed by atoms with Crippen molar-refractivity contribution in [3.8, 4) is 0 Å². The summed E-state index contributed by atoms with van der Waals surface area (Å²) in [6.45, 7) is 3.85. The summed E-state index contributed by atoms with van der Waals surface area (Å²) in [5.74, 6) is -1.46. The summed E-state index contributed by atoms with van der Waals surface area (Å²) in [5, 5.41) is 15.2. The Hall–Kier alpha value is -2.47. The number of carboxylic acid groups (broad SMARTS) is 1. The Balaban J connectivity index is 0.000000298. The number of hydrogen-bond acceptors (Lipinski definition) is 7. The minimum absolute atomic E-state index is 0.0409. The molecule has 0 radical (unpaired) electrons. The number of hydrogen-bond donors (Lipinski definition) is 1. The number of alkyl halides is 3. The van der Waals surface area contributed by atoms with Crippen molar-refractivity contribution in [3.63, 3.8) is 0 Å². The molecule has 2 aliphatic rings. The van der Waals surface area contributed by atoms with Gasteiger partial charge in [-0.3, -0.25) is 9.58 Å². The number of carboxylic acids is 1. The van der Waals surface area contributed by atoms with E-state index in [1.165, 1.54) is 5.56 Å². The number of likely N-dealkylation sites (tertiary alicyclic amines) is 1. The van der Waals surface area contributed by atoms with E-state index < -0.39 is 12.1 Å². The SMILES string of the molecule is Cc1noc([C@H]2CC[C@@H]3[C@@H](CCN3Cc3cnn(C)c3)O2)n1.O=C(O)C(F)(F)F. The molecule has 0 bridgehead atoms. The Morgan fingerprint density at radius 3 is 2.62 bits per heavy atom. The lowest BCUT2D eigenvalue weighted by molar-refractivity contribution is -0.192. The minimum Gasteiger partial charge on any atom is -0.475 e. The zero-order valence-corrected chi connectivity index (χ0v) is 16.0. The van der Waals surface area contributed by atoms with Gasteiger partial charge in [-0.05, 0) is 26.2 Å². The van der Waals surface area contributed by atoms with Crippen molar-refractivity contribution in [1.29, 1.82) is 0 Å². The fourth-order valence-electron chi connectivity index (χ4n) is 3.62. The number of fused-ring (bicyclic) bond motifs is 1. The second kappa shape index (κ2) is 8.49. The fourth-order valence-corrected chi connectivity index (χ4v) is 3.62. The molecular formula is C17H22F3N5O4. The number of rotatable bonds is 3. The van der Waals surface area contributed by atoms with E-state index in [1.807, 2.05) is 24.9 Å². The maximum Gasteiger partial charge on any atom is 0.490 e. The minimum atomic E-state index is -5.08. The molecule has 9 nitrogen and oxygen atoms in total. The lowest BCUT2D eigenvalue weighted by Gasteiger charge is -2.34. The van der Waals surface area contributed by atoms with Gasteiger partial charge in [-0.1, -0.05) is 5.16 Å². The third-order valence-electron chi connectivity index (χ3n) is 4.87. The van der Waals surface area contributed by atoms with Gasteiger partial charge in [0.1, 0.15) is 6.10 Å². The Bertz CT molecular complexity index is 837. The highest BCUT2D eigenvalue weighted by Gasteiger charge is 2.41. The largest absolute Gasteiger partial charge is 0.490 e. The van der Waals surface area contributed by atoms with Gasteiger partial charge in [-0.25, -0.2) is 4.79 Å². The van der Waals surface area contributed by atoms with E-state index in [0.29, 0.717) is 17.8 Å². The van der Waals surface area contributed by atoms with Gasteiger partial charge >= 0.3 is 12.1 Å². The molecule has 2 fully saturated rings. The first-order valence-electron chi connectivity index (χ1n) is 9.11. The molecule has 4 heterocycles. The average Bonchev–Trinajstić information content (AvgIpc) is 3.36. The van der Waals surface area contributed by atoms with E-state index in [9.17, 15) is 13.2 Å². The van der Waals surface area contributed by atoms with Gasteiger partial charge in [-0.2, -0.15) is 23.3 Å². The first-order valence-corrected chi connectivity index (χ1v) is 9.11. The lowest BCUT2D eigenvalue weighted by atomic mass is 9.99. The van der Waals surface area contributed by atoms with Crippen molar-refractivity contribution < 1.29 is 32.3 Å². The van der Waals surface area contributed by atoms with E-state index in [-0.39, 0.29) is 12.2 Å². The van der Waals surface area contributed by atoms with Crippen LogP contribution < -0.4 is 0 Å². The molecule has 2 saturated heterocycles. The highest BCUT2D eigenvalue weighted by molar-refractivity contribution is 5.73. The zero-order chi connectivity index (χ0) is 21.2. The predicted molar refractivity (Wildman–Crippen MR) is 91.6 cm³/mol. The smallest absolute Gasteiger partial charge is 0.475 e. The lowest BCUT2D eigenvalue weighted by Crippen LogP contribution is -2.40. The molecular weight excluding hydrogens is 395 g/mol. The van der Waals surface area contributed by atoms with E-state index in [0.717, 1.165) is 32.4 Å². The van der Waals surface area contributed by atoms with Crippen molar-refractivity contribution in [2.75, 3.05) is 6.54 Å². The van der Waals surface area contributed by atoms with Crippen molar-refractivity contribution in [1.82, 2.24) is 24.8 Å². The van der Waals surface area contributed by atoms with E-state index in [4.69, 9.17) is 19.2 Å². The Morgan fingerprint density at radius 2 is 2.07 bits per heavy atom. The molecule has 0 aromatic carbocycles. The van der Waals surface area contributed by atoms with Crippen LogP contribution in [-0.2, 0) is 23.1 Å². The fraction of sp³-hybridized carbons (Fsp3) is 0.647. The quantitative estimate of drug-likeness (QED) is 0.811. The standard InChI is InChI=1S/C15H21N5O2.C2HF3O2/c1-10-17-15(22-18-10)14-4-3-12-13(21-14)5-6-20(12)9-11-7-16-19(2)8-11;3-2(4,5)1(6)7/h7-8,12-14H,3-6,9H2,1-2H3;(H,6,7)/t12-,13-,14-;/m1./s1. The number of nitrogens with zero attached hydrogens (tertiary/aromatic N) is 5. The van der Waals surface area contributed by atoms with Crippen molar-refractivity contribution >= 4 is 5.97 Å². The molecule has 2 aromatic rings. The molecule has 29 heavy (non-hydrogen) atoms. The van der Waals surface area contributed by atoms with Gasteiger partial charge < -0.3 is 14.4 Å². The molecule has 0 aliphatic carbocycles. The van der Waals surface area contributed by atoms with E-state index in [2.05, 4.69) is 26.3 Å². The summed E-state index contributed by atoms with van der Waals surface area (Å²) in [5.41, 5.74) is 1.26. The number of halogens is 3. The van der Waals surface area contributed by atoms with Crippen molar-refractivity contribution in [2.45, 2.75) is 57.2 Å². The number of aliphatic carboxylic acids is 1. The number of carbonyl (C=O) groups is 1. The van der Waals surface area contributed by atoms with Gasteiger partial charge in [0.25, 0.3) is 5.89 Å². The van der Waals surface area contributed by atoms with Gasteiger partial charge in [0, 0.05) is 37.9 Å². The molecule has 12 heteroatoms. The summed E-state index contributed by atoms with van der Waals surface area (Å²) in [4.78, 5) is 15.7. The van der Waals surface area contributed by atoms with Gasteiger partial charge in [0.15, 0.2) is 5.82 Å². The molecule has 1 N–H and O–H groups in total. The highest BCUT2D eigenvalue weighted by Crippen LogP contribution is 2.38. The zero-order valence-electron chi connectivity index (χ0n) is 16.0. The normalized spacial score (nSPS) is 24.7. The molecule has 2 aliphatic heterocycles. The molecule has 2 aromatic heterocycles. The molecule has 0 amide bonds. The van der Waals surface area contributed by atoms with Crippen LogP contribution in [0.15, 0.2) is 16.9 Å². The molecule has 160 valence electrons. The van der Waals surface area contributed by atoms with Crippen LogP contribution in [0.1, 0.15) is 42.6 Å². The summed E-state index contributed by atoms with van der Waals surface area (Å²) < 4.78 is 45.1. The molecule has 0 unspecified atom stereocenters. The van der Waals surface area contributed by atoms with Crippen LogP contribution in [0.4, 0.5) is 13.2 Å². The summed E-state index contributed by atoms with van der Waals surface area (Å²) in [7, 11) is 1.96. The predicted octanol–water partition coefficient (Wildman–Crippen LogP) is 2.24. The first kappa shape index (κ1) is 21.2. The number of ether oxygens (including phenoxy) is 1. The molecule has 0 spiro atoms. The van der Waals surface area contributed by atoms with Crippen LogP contribution in [0.2, 0.25) is 0 Å². The topological polar surface area (TPSA) is 107 Å². The van der Waals surface area contributed by atoms with Gasteiger partial charge in [0.05, 0.1) is 12.3 Å². The second-order valence-corrected chi connectivity index (χ2v) is 7.07. The van der Waals surface area contributed by atoms with Crippen LogP contribution in [0.5, 0.6) is 0 Å². The monoisotopic (exact) mass is 417 g/mol. The van der Waals surface area contributed by atoms with Crippen molar-refractivity contribution in [2.24, 2.45) is 7.05 Å². The van der Waals surface area contributed by atoms with Crippen LogP contribution in [0.25, 0.3) is 0 Å². The summed E-state index contributed by atoms with van der Waals surface area (Å²) >= 11 is 0. The van der Waals surface area contributed by atoms with E-state index >= 15 is 0 Å². The third kappa shape index (κ3) is 5.32. The van der Waals surface area contributed by atoms with Crippen LogP contribution in [0, 0.1) is 6.92 Å². The first-order chi connectivity index (χ1) is 13.6. The molecule has 0 saturated carbocycles. The third-order valence-corrected chi connectivity index (χ3v) is 4.87. The Morgan fingerprint density at radius 1 is 1.34 bits per heavy atom. The molecule has 4 rings (SSSR count). The number of aromatic nitrogens is 4. The van der Waals surface area contributed by atoms with Gasteiger partial charge in [0.2, 0.25) is 0 Å². The van der Waals surface area contributed by atoms with Crippen molar-refractivity contribution in [3.05, 3.63) is 29.7 Å². The molecule has 3 atom stereocenters. The van der Waals surface area contributed by atoms with Crippen LogP contribution in [0.3, 0.4) is 0 Å². The van der Waals surface area contributed by atoms with Crippen LogP contribution >= 0.6 is 0 Å². The van der Waals surface area contributed by atoms with Crippen LogP contribution in [-0.4, -0.2) is 60.8 Å². The Kier molecular flexibility index (Phi) is 6.22. The van der Waals surface area contributed by atoms with Gasteiger partial charge in [-0.15, -0.1) is 0 Å². The second-order valence-electron chi connectivity index (χ2n) is 7.07. The highest BCUT2D eigenvalue weighted by atomic mass is 19.4. The summed E-state index contributed by atoms with van der Waals surface area (Å²) in [6, 6.07) is 0.487. The maximum absolute atomic E-state index is 10.6. The number of aryl methyl sites for hydroxylation is 2. The summed E-state index contributed by atoms with van der Waals surface area (Å²) in [6.07, 6.45) is 2.28. The average molecular weight is 417 g/mol. The Labute approximate surface area is 164 Å². The van der Waals surface area contributed by atoms with E-state index in [1.54, 1.807) is 0 Å². The maximum atomic E-state index is 10.6.